The molecule has 0 aromatic heterocycles. The number of hydrogen-bond donors (Lipinski definition) is 0. The molecule has 0 saturated heterocycles. The zero-order valence-electron chi connectivity index (χ0n) is 8.67. The molecule has 0 aliphatic heterocycles. The molecule has 0 atom stereocenters. The van der Waals surface area contributed by atoms with Gasteiger partial charge in [0.2, 0.25) is 0 Å². The van der Waals surface area contributed by atoms with Crippen molar-refractivity contribution in [3.63, 3.8) is 0 Å². The number of benzene rings is 1. The standard InChI is InChI=1S/C12H17N/c1-9(2)7-11-6-5-10(3)8-12(11)13-4/h5-6,8-9H,4,7H2,1-3H3. The smallest absolute Gasteiger partial charge is 0.0657 e. The summed E-state index contributed by atoms with van der Waals surface area (Å²) in [6, 6.07) is 6.37. The van der Waals surface area contributed by atoms with E-state index in [1.807, 2.05) is 0 Å². The van der Waals surface area contributed by atoms with Crippen LogP contribution in [0.2, 0.25) is 0 Å². The first kappa shape index (κ1) is 9.97. The second-order valence-electron chi connectivity index (χ2n) is 3.89. The van der Waals surface area contributed by atoms with E-state index >= 15 is 0 Å². The zero-order chi connectivity index (χ0) is 9.84. The summed E-state index contributed by atoms with van der Waals surface area (Å²) in [5.41, 5.74) is 3.58. The summed E-state index contributed by atoms with van der Waals surface area (Å²) in [4.78, 5) is 4.03. The van der Waals surface area contributed by atoms with Crippen molar-refractivity contribution >= 4 is 12.4 Å². The van der Waals surface area contributed by atoms with Gasteiger partial charge in [-0.2, -0.15) is 0 Å². The molecule has 0 unspecified atom stereocenters. The fourth-order valence-electron chi connectivity index (χ4n) is 1.43. The minimum atomic E-state index is 0.670. The van der Waals surface area contributed by atoms with E-state index < -0.39 is 0 Å². The minimum Gasteiger partial charge on any atom is -0.264 e. The third-order valence-corrected chi connectivity index (χ3v) is 2.04. The van der Waals surface area contributed by atoms with Crippen LogP contribution in [0, 0.1) is 12.8 Å². The zero-order valence-corrected chi connectivity index (χ0v) is 8.67. The second kappa shape index (κ2) is 4.22. The molecule has 0 N–H and O–H groups in total. The van der Waals surface area contributed by atoms with Crippen LogP contribution in [0.1, 0.15) is 25.0 Å². The van der Waals surface area contributed by atoms with Crippen LogP contribution in [-0.4, -0.2) is 6.72 Å². The van der Waals surface area contributed by atoms with E-state index in [1.165, 1.54) is 11.1 Å². The molecule has 1 nitrogen and oxygen atoms in total. The van der Waals surface area contributed by atoms with E-state index in [4.69, 9.17) is 0 Å². The quantitative estimate of drug-likeness (QED) is 0.623. The van der Waals surface area contributed by atoms with Crippen LogP contribution in [0.4, 0.5) is 5.69 Å². The SMILES string of the molecule is C=Nc1cc(C)ccc1CC(C)C. The van der Waals surface area contributed by atoms with Gasteiger partial charge in [0.15, 0.2) is 0 Å². The lowest BCUT2D eigenvalue weighted by molar-refractivity contribution is 0.648. The van der Waals surface area contributed by atoms with E-state index in [-0.39, 0.29) is 0 Å². The molecule has 0 heterocycles. The monoisotopic (exact) mass is 175 g/mol. The lowest BCUT2D eigenvalue weighted by atomic mass is 10.00. The summed E-state index contributed by atoms with van der Waals surface area (Å²) in [7, 11) is 0. The number of aliphatic imine (C=N–C) groups is 1. The molecule has 0 aliphatic carbocycles. The van der Waals surface area contributed by atoms with Crippen LogP contribution in [0.25, 0.3) is 0 Å². The predicted molar refractivity (Wildman–Crippen MR) is 58.9 cm³/mol. The summed E-state index contributed by atoms with van der Waals surface area (Å²) in [6.45, 7) is 10.1. The van der Waals surface area contributed by atoms with Gasteiger partial charge in [0.05, 0.1) is 5.69 Å². The van der Waals surface area contributed by atoms with Gasteiger partial charge in [-0.1, -0.05) is 26.0 Å². The summed E-state index contributed by atoms with van der Waals surface area (Å²) in [5, 5.41) is 0. The lowest BCUT2D eigenvalue weighted by Gasteiger charge is -2.08. The van der Waals surface area contributed by atoms with Gasteiger partial charge in [0.1, 0.15) is 0 Å². The molecule has 1 rings (SSSR count). The molecule has 0 bridgehead atoms. The van der Waals surface area contributed by atoms with Crippen molar-refractivity contribution in [2.24, 2.45) is 10.9 Å². The van der Waals surface area contributed by atoms with Gasteiger partial charge in [-0.05, 0) is 43.2 Å². The Kier molecular flexibility index (Phi) is 3.24. The first-order valence-corrected chi connectivity index (χ1v) is 4.69. The molecule has 0 amide bonds. The van der Waals surface area contributed by atoms with Crippen molar-refractivity contribution < 1.29 is 0 Å². The molecule has 0 aliphatic rings. The van der Waals surface area contributed by atoms with E-state index in [0.29, 0.717) is 5.92 Å². The molecular formula is C12H17N. The molecule has 1 heteroatoms. The van der Waals surface area contributed by atoms with E-state index in [1.54, 1.807) is 0 Å². The summed E-state index contributed by atoms with van der Waals surface area (Å²) in [5.74, 6) is 0.670. The van der Waals surface area contributed by atoms with E-state index in [0.717, 1.165) is 12.1 Å². The van der Waals surface area contributed by atoms with Crippen molar-refractivity contribution in [2.45, 2.75) is 27.2 Å². The predicted octanol–water partition coefficient (Wildman–Crippen LogP) is 3.53. The molecular weight excluding hydrogens is 158 g/mol. The van der Waals surface area contributed by atoms with E-state index in [9.17, 15) is 0 Å². The van der Waals surface area contributed by atoms with Crippen LogP contribution in [0.3, 0.4) is 0 Å². The van der Waals surface area contributed by atoms with Crippen molar-refractivity contribution in [2.75, 3.05) is 0 Å². The van der Waals surface area contributed by atoms with E-state index in [2.05, 4.69) is 50.7 Å². The van der Waals surface area contributed by atoms with Crippen molar-refractivity contribution in [1.82, 2.24) is 0 Å². The summed E-state index contributed by atoms with van der Waals surface area (Å²) in [6.07, 6.45) is 1.08. The first-order valence-electron chi connectivity index (χ1n) is 4.69. The third kappa shape index (κ3) is 2.69. The molecule has 0 saturated carbocycles. The molecule has 0 spiro atoms. The Hall–Kier alpha value is -1.11. The second-order valence-corrected chi connectivity index (χ2v) is 3.89. The van der Waals surface area contributed by atoms with Crippen LogP contribution in [0.15, 0.2) is 23.2 Å². The highest BCUT2D eigenvalue weighted by molar-refractivity contribution is 5.53. The van der Waals surface area contributed by atoms with Crippen molar-refractivity contribution in [1.29, 1.82) is 0 Å². The maximum absolute atomic E-state index is 4.03. The normalized spacial score (nSPS) is 10.5. The number of hydrogen-bond acceptors (Lipinski definition) is 1. The maximum atomic E-state index is 4.03. The largest absolute Gasteiger partial charge is 0.264 e. The highest BCUT2D eigenvalue weighted by Gasteiger charge is 2.02. The maximum Gasteiger partial charge on any atom is 0.0657 e. The van der Waals surface area contributed by atoms with Crippen LogP contribution >= 0.6 is 0 Å². The summed E-state index contributed by atoms with van der Waals surface area (Å²) < 4.78 is 0. The van der Waals surface area contributed by atoms with Gasteiger partial charge in [0.25, 0.3) is 0 Å². The molecule has 1 aromatic carbocycles. The number of aryl methyl sites for hydroxylation is 1. The van der Waals surface area contributed by atoms with Gasteiger partial charge in [-0.25, -0.2) is 0 Å². The average molecular weight is 175 g/mol. The van der Waals surface area contributed by atoms with Crippen LogP contribution in [-0.2, 0) is 6.42 Å². The van der Waals surface area contributed by atoms with Gasteiger partial charge in [-0.15, -0.1) is 0 Å². The molecule has 0 radical (unpaired) electrons. The van der Waals surface area contributed by atoms with Crippen LogP contribution in [0.5, 0.6) is 0 Å². The van der Waals surface area contributed by atoms with Gasteiger partial charge < -0.3 is 0 Å². The lowest BCUT2D eigenvalue weighted by Crippen LogP contribution is -1.94. The highest BCUT2D eigenvalue weighted by atomic mass is 14.7. The van der Waals surface area contributed by atoms with Crippen molar-refractivity contribution in [3.8, 4) is 0 Å². The Morgan fingerprint density at radius 2 is 2.08 bits per heavy atom. The Morgan fingerprint density at radius 1 is 1.38 bits per heavy atom. The molecule has 13 heavy (non-hydrogen) atoms. The molecule has 1 aromatic rings. The number of rotatable bonds is 3. The first-order chi connectivity index (χ1) is 6.13. The third-order valence-electron chi connectivity index (χ3n) is 2.04. The molecule has 0 fully saturated rings. The van der Waals surface area contributed by atoms with Gasteiger partial charge >= 0.3 is 0 Å². The topological polar surface area (TPSA) is 12.4 Å². The Labute approximate surface area is 80.5 Å². The minimum absolute atomic E-state index is 0.670. The van der Waals surface area contributed by atoms with Crippen LogP contribution < -0.4 is 0 Å². The Morgan fingerprint density at radius 3 is 2.62 bits per heavy atom. The van der Waals surface area contributed by atoms with Gasteiger partial charge in [0, 0.05) is 0 Å². The highest BCUT2D eigenvalue weighted by Crippen LogP contribution is 2.22. The fraction of sp³-hybridized carbons (Fsp3) is 0.417. The fourth-order valence-corrected chi connectivity index (χ4v) is 1.43. The average Bonchev–Trinajstić information content (AvgIpc) is 2.07. The Balaban J connectivity index is 2.99. The van der Waals surface area contributed by atoms with Gasteiger partial charge in [-0.3, -0.25) is 4.99 Å². The Bertz CT molecular complexity index is 300. The molecule has 70 valence electrons. The number of nitrogens with zero attached hydrogens (tertiary/aromatic N) is 1. The van der Waals surface area contributed by atoms with Crippen molar-refractivity contribution in [3.05, 3.63) is 29.3 Å². The summed E-state index contributed by atoms with van der Waals surface area (Å²) >= 11 is 0.